The molecule has 0 bridgehead atoms. The molecule has 0 fully saturated rings. The highest BCUT2D eigenvalue weighted by atomic mass is 16.3. The van der Waals surface area contributed by atoms with Crippen LogP contribution in [0.5, 0.6) is 5.75 Å². The van der Waals surface area contributed by atoms with Gasteiger partial charge in [-0.05, 0) is 35.2 Å². The highest BCUT2D eigenvalue weighted by Crippen LogP contribution is 2.23. The molecule has 0 atom stereocenters. The Morgan fingerprint density at radius 1 is 1.12 bits per heavy atom. The molecule has 25 heavy (non-hydrogen) atoms. The first-order valence-electron chi connectivity index (χ1n) is 7.87. The monoisotopic (exact) mass is 335 g/mol. The predicted octanol–water partition coefficient (Wildman–Crippen LogP) is 4.15. The molecule has 0 spiro atoms. The highest BCUT2D eigenvalue weighted by molar-refractivity contribution is 6.06. The molecule has 3 N–H and O–H groups in total. The van der Waals surface area contributed by atoms with Gasteiger partial charge in [-0.15, -0.1) is 0 Å². The fourth-order valence-corrected chi connectivity index (χ4v) is 2.15. The first kappa shape index (κ1) is 18.1. The van der Waals surface area contributed by atoms with Crippen molar-refractivity contribution in [2.45, 2.75) is 26.2 Å². The minimum absolute atomic E-state index is 0.0392. The Hall–Kier alpha value is -3.26. The van der Waals surface area contributed by atoms with Crippen LogP contribution >= 0.6 is 0 Å². The molecular weight excluding hydrogens is 314 g/mol. The van der Waals surface area contributed by atoms with Crippen LogP contribution in [0.15, 0.2) is 60.3 Å². The number of hydrogen-bond acceptors (Lipinski definition) is 4. The average molecular weight is 335 g/mol. The molecule has 0 aromatic heterocycles. The van der Waals surface area contributed by atoms with E-state index in [9.17, 15) is 15.2 Å². The summed E-state index contributed by atoms with van der Waals surface area (Å²) in [6, 6.07) is 15.8. The number of carbonyl (C=O) groups is 1. The van der Waals surface area contributed by atoms with E-state index in [1.165, 1.54) is 23.9 Å². The second-order valence-corrected chi connectivity index (χ2v) is 6.65. The summed E-state index contributed by atoms with van der Waals surface area (Å²) in [4.78, 5) is 12.1. The highest BCUT2D eigenvalue weighted by Gasteiger charge is 2.13. The fourth-order valence-electron chi connectivity index (χ4n) is 2.15. The van der Waals surface area contributed by atoms with E-state index in [-0.39, 0.29) is 16.7 Å². The van der Waals surface area contributed by atoms with Gasteiger partial charge in [0, 0.05) is 23.6 Å². The van der Waals surface area contributed by atoms with Gasteiger partial charge in [0.1, 0.15) is 17.4 Å². The summed E-state index contributed by atoms with van der Waals surface area (Å²) >= 11 is 0. The number of aromatic hydroxyl groups is 1. The Labute approximate surface area is 147 Å². The van der Waals surface area contributed by atoms with Gasteiger partial charge in [0.2, 0.25) is 0 Å². The van der Waals surface area contributed by atoms with Crippen molar-refractivity contribution in [1.29, 1.82) is 5.26 Å². The van der Waals surface area contributed by atoms with E-state index in [4.69, 9.17) is 0 Å². The smallest absolute Gasteiger partial charge is 0.267 e. The van der Waals surface area contributed by atoms with E-state index >= 15 is 0 Å². The molecule has 5 nitrogen and oxygen atoms in total. The number of hydrogen-bond donors (Lipinski definition) is 3. The summed E-state index contributed by atoms with van der Waals surface area (Å²) in [5.41, 5.74) is 2.40. The van der Waals surface area contributed by atoms with E-state index in [1.807, 2.05) is 30.3 Å². The summed E-state index contributed by atoms with van der Waals surface area (Å²) in [7, 11) is 0. The minimum atomic E-state index is -0.549. The molecule has 0 heterocycles. The van der Waals surface area contributed by atoms with Crippen LogP contribution in [0.2, 0.25) is 0 Å². The molecule has 0 aliphatic carbocycles. The quantitative estimate of drug-likeness (QED) is 0.579. The number of nitriles is 1. The molecule has 1 amide bonds. The number of phenolic OH excluding ortho intramolecular Hbond substituents is 1. The van der Waals surface area contributed by atoms with Crippen LogP contribution in [-0.2, 0) is 10.2 Å². The number of rotatable bonds is 4. The van der Waals surface area contributed by atoms with Crippen molar-refractivity contribution in [1.82, 2.24) is 0 Å². The maximum atomic E-state index is 12.1. The normalized spacial score (nSPS) is 11.5. The first-order chi connectivity index (χ1) is 11.8. The molecule has 0 unspecified atom stereocenters. The van der Waals surface area contributed by atoms with Crippen molar-refractivity contribution in [3.8, 4) is 11.8 Å². The number of carbonyl (C=O) groups excluding carboxylic acids is 1. The Morgan fingerprint density at radius 2 is 1.80 bits per heavy atom. The second-order valence-electron chi connectivity index (χ2n) is 6.65. The van der Waals surface area contributed by atoms with Crippen molar-refractivity contribution in [2.24, 2.45) is 0 Å². The zero-order valence-corrected chi connectivity index (χ0v) is 14.5. The van der Waals surface area contributed by atoms with E-state index in [0.717, 1.165) is 5.69 Å². The average Bonchev–Trinajstić information content (AvgIpc) is 2.55. The molecule has 0 saturated carbocycles. The van der Waals surface area contributed by atoms with E-state index in [1.54, 1.807) is 12.1 Å². The van der Waals surface area contributed by atoms with Crippen molar-refractivity contribution < 1.29 is 9.90 Å². The summed E-state index contributed by atoms with van der Waals surface area (Å²) in [5, 5.41) is 24.1. The lowest BCUT2D eigenvalue weighted by molar-refractivity contribution is -0.112. The number of amides is 1. The third kappa shape index (κ3) is 5.11. The van der Waals surface area contributed by atoms with Crippen LogP contribution in [0.3, 0.4) is 0 Å². The van der Waals surface area contributed by atoms with E-state index in [0.29, 0.717) is 5.69 Å². The van der Waals surface area contributed by atoms with Gasteiger partial charge in [-0.1, -0.05) is 39.0 Å². The number of anilines is 2. The Balaban J connectivity index is 2.07. The topological polar surface area (TPSA) is 85.2 Å². The summed E-state index contributed by atoms with van der Waals surface area (Å²) in [6.07, 6.45) is 1.37. The molecule has 5 heteroatoms. The zero-order chi connectivity index (χ0) is 18.4. The maximum absolute atomic E-state index is 12.1. The van der Waals surface area contributed by atoms with Crippen molar-refractivity contribution >= 4 is 17.3 Å². The lowest BCUT2D eigenvalue weighted by Gasteiger charge is -2.19. The van der Waals surface area contributed by atoms with Crippen LogP contribution in [0.25, 0.3) is 0 Å². The largest absolute Gasteiger partial charge is 0.508 e. The lowest BCUT2D eigenvalue weighted by atomic mass is 9.87. The van der Waals surface area contributed by atoms with Gasteiger partial charge in [-0.25, -0.2) is 0 Å². The Kier molecular flexibility index (Phi) is 5.45. The SMILES string of the molecule is CC(C)(C)c1ccc(N/C=C(/C#N)C(=O)Nc2cccc(O)c2)cc1. The van der Waals surface area contributed by atoms with Gasteiger partial charge in [0.15, 0.2) is 0 Å². The minimum Gasteiger partial charge on any atom is -0.508 e. The molecule has 0 saturated heterocycles. The molecule has 0 aliphatic heterocycles. The Bertz CT molecular complexity index is 825. The van der Waals surface area contributed by atoms with Crippen molar-refractivity contribution in [3.05, 3.63) is 65.9 Å². The number of nitrogens with zero attached hydrogens (tertiary/aromatic N) is 1. The number of nitrogens with one attached hydrogen (secondary N) is 2. The zero-order valence-electron chi connectivity index (χ0n) is 14.5. The van der Waals surface area contributed by atoms with Gasteiger partial charge in [0.05, 0.1) is 0 Å². The number of phenols is 1. The van der Waals surface area contributed by atoms with Crippen molar-refractivity contribution in [3.63, 3.8) is 0 Å². The second kappa shape index (κ2) is 7.54. The van der Waals surface area contributed by atoms with Crippen LogP contribution < -0.4 is 10.6 Å². The summed E-state index contributed by atoms with van der Waals surface area (Å²) < 4.78 is 0. The van der Waals surface area contributed by atoms with E-state index in [2.05, 4.69) is 31.4 Å². The van der Waals surface area contributed by atoms with Crippen LogP contribution in [0.4, 0.5) is 11.4 Å². The van der Waals surface area contributed by atoms with Crippen molar-refractivity contribution in [2.75, 3.05) is 10.6 Å². The van der Waals surface area contributed by atoms with Gasteiger partial charge in [-0.2, -0.15) is 5.26 Å². The lowest BCUT2D eigenvalue weighted by Crippen LogP contribution is -2.14. The van der Waals surface area contributed by atoms with Crippen LogP contribution in [-0.4, -0.2) is 11.0 Å². The fraction of sp³-hybridized carbons (Fsp3) is 0.200. The molecule has 128 valence electrons. The van der Waals surface area contributed by atoms with Gasteiger partial charge < -0.3 is 15.7 Å². The molecule has 2 aromatic carbocycles. The first-order valence-corrected chi connectivity index (χ1v) is 7.87. The van der Waals surface area contributed by atoms with Crippen LogP contribution in [0, 0.1) is 11.3 Å². The molecule has 0 aliphatic rings. The Morgan fingerprint density at radius 3 is 2.36 bits per heavy atom. The predicted molar refractivity (Wildman–Crippen MR) is 99.2 cm³/mol. The van der Waals surface area contributed by atoms with E-state index < -0.39 is 5.91 Å². The summed E-state index contributed by atoms with van der Waals surface area (Å²) in [5.74, 6) is -0.510. The molecule has 2 rings (SSSR count). The van der Waals surface area contributed by atoms with Gasteiger partial charge in [0.25, 0.3) is 5.91 Å². The molecule has 0 radical (unpaired) electrons. The third-order valence-electron chi connectivity index (χ3n) is 3.60. The van der Waals surface area contributed by atoms with Crippen LogP contribution in [0.1, 0.15) is 26.3 Å². The summed E-state index contributed by atoms with van der Waals surface area (Å²) in [6.45, 7) is 6.40. The van der Waals surface area contributed by atoms with Gasteiger partial charge in [-0.3, -0.25) is 4.79 Å². The van der Waals surface area contributed by atoms with Gasteiger partial charge >= 0.3 is 0 Å². The molecular formula is C20H21N3O2. The maximum Gasteiger partial charge on any atom is 0.267 e. The number of benzene rings is 2. The standard InChI is InChI=1S/C20H21N3O2/c1-20(2,3)15-7-9-16(10-8-15)22-13-14(12-21)19(25)23-17-5-4-6-18(24)11-17/h4-11,13,22,24H,1-3H3,(H,23,25)/b14-13-. The third-order valence-corrected chi connectivity index (χ3v) is 3.60. The molecule has 2 aromatic rings.